The Kier molecular flexibility index (Phi) is 3.45. The zero-order valence-corrected chi connectivity index (χ0v) is 8.61. The van der Waals surface area contributed by atoms with Crippen LogP contribution in [0.2, 0.25) is 0 Å². The summed E-state index contributed by atoms with van der Waals surface area (Å²) < 4.78 is 4.96. The Morgan fingerprint density at radius 1 is 1.54 bits per heavy atom. The summed E-state index contributed by atoms with van der Waals surface area (Å²) in [5, 5.41) is 7.83. The first kappa shape index (κ1) is 10.2. The largest absolute Gasteiger partial charge is 0.496 e. The number of benzene rings is 1. The molecule has 1 unspecified atom stereocenters. The maximum atomic E-state index is 11.3. The first-order chi connectivity index (χ1) is 6.16. The van der Waals surface area contributed by atoms with Gasteiger partial charge in [-0.15, -0.1) is 0 Å². The average Bonchev–Trinajstić information content (AvgIpc) is 2.16. The molecule has 0 aliphatic heterocycles. The van der Waals surface area contributed by atoms with Crippen LogP contribution in [0.25, 0.3) is 0 Å². The van der Waals surface area contributed by atoms with Crippen molar-refractivity contribution >= 4 is 21.7 Å². The lowest BCUT2D eigenvalue weighted by molar-refractivity contribution is 0.0872. The Bertz CT molecular complexity index is 309. The van der Waals surface area contributed by atoms with Crippen molar-refractivity contribution in [2.24, 2.45) is 0 Å². The summed E-state index contributed by atoms with van der Waals surface area (Å²) in [5.41, 5.74) is 0.370. The molecule has 4 heteroatoms. The summed E-state index contributed by atoms with van der Waals surface area (Å²) in [6.07, 6.45) is 0. The van der Waals surface area contributed by atoms with Gasteiger partial charge in [-0.25, -0.2) is 0 Å². The van der Waals surface area contributed by atoms with Crippen LogP contribution in [0.15, 0.2) is 24.3 Å². The normalized spacial score (nSPS) is 12.2. The van der Waals surface area contributed by atoms with Crippen molar-refractivity contribution in [2.45, 2.75) is 5.01 Å². The Hall–Kier alpha value is -0.870. The molecule has 1 rings (SSSR count). The summed E-state index contributed by atoms with van der Waals surface area (Å²) in [6.45, 7) is 0. The lowest BCUT2D eigenvalue weighted by atomic mass is 10.1. The maximum absolute atomic E-state index is 11.3. The van der Waals surface area contributed by atoms with E-state index in [-0.39, 0.29) is 0 Å². The van der Waals surface area contributed by atoms with E-state index in [1.54, 1.807) is 24.3 Å². The number of hydrogen-bond acceptors (Lipinski definition) is 3. The fourth-order valence-electron chi connectivity index (χ4n) is 0.977. The molecule has 1 N–H and O–H groups in total. The second kappa shape index (κ2) is 4.39. The SMILES string of the molecule is COc1ccccc1C(=O)C(O)Br. The summed E-state index contributed by atoms with van der Waals surface area (Å²) in [7, 11) is 1.48. The number of para-hydroxylation sites is 1. The Balaban J connectivity index is 3.06. The number of carbonyl (C=O) groups is 1. The van der Waals surface area contributed by atoms with Crippen LogP contribution in [0.5, 0.6) is 5.75 Å². The minimum atomic E-state index is -1.18. The second-order valence-electron chi connectivity index (χ2n) is 2.40. The summed E-state index contributed by atoms with van der Waals surface area (Å²) in [4.78, 5) is 11.3. The maximum Gasteiger partial charge on any atom is 0.205 e. The molecule has 0 bridgehead atoms. The Morgan fingerprint density at radius 2 is 2.15 bits per heavy atom. The molecule has 70 valence electrons. The van der Waals surface area contributed by atoms with Gasteiger partial charge < -0.3 is 9.84 Å². The minimum absolute atomic E-state index is 0.370. The molecule has 0 amide bonds. The van der Waals surface area contributed by atoms with Crippen LogP contribution in [-0.2, 0) is 0 Å². The summed E-state index contributed by atoms with van der Waals surface area (Å²) in [5.74, 6) is 0.0588. The third kappa shape index (κ3) is 2.29. The topological polar surface area (TPSA) is 46.5 Å². The fourth-order valence-corrected chi connectivity index (χ4v) is 1.22. The molecule has 3 nitrogen and oxygen atoms in total. The van der Waals surface area contributed by atoms with Crippen molar-refractivity contribution in [3.8, 4) is 5.75 Å². The number of rotatable bonds is 3. The van der Waals surface area contributed by atoms with Crippen molar-refractivity contribution < 1.29 is 14.6 Å². The van der Waals surface area contributed by atoms with E-state index in [9.17, 15) is 4.79 Å². The van der Waals surface area contributed by atoms with Gasteiger partial charge in [0.15, 0.2) is 5.01 Å². The first-order valence-corrected chi connectivity index (χ1v) is 4.57. The molecular weight excluding hydrogens is 236 g/mol. The third-order valence-corrected chi connectivity index (χ3v) is 2.00. The highest BCUT2D eigenvalue weighted by Crippen LogP contribution is 2.20. The zero-order chi connectivity index (χ0) is 9.84. The molecule has 0 saturated heterocycles. The molecular formula is C9H9BrO3. The Labute approximate surface area is 84.5 Å². The van der Waals surface area contributed by atoms with Crippen LogP contribution in [0.1, 0.15) is 10.4 Å². The van der Waals surface area contributed by atoms with Crippen molar-refractivity contribution in [3.05, 3.63) is 29.8 Å². The highest BCUT2D eigenvalue weighted by molar-refractivity contribution is 9.09. The van der Waals surface area contributed by atoms with Gasteiger partial charge in [0.1, 0.15) is 5.75 Å². The number of carbonyl (C=O) groups excluding carboxylic acids is 1. The molecule has 0 aliphatic carbocycles. The highest BCUT2D eigenvalue weighted by Gasteiger charge is 2.17. The van der Waals surface area contributed by atoms with Crippen molar-refractivity contribution in [1.29, 1.82) is 0 Å². The molecule has 0 spiro atoms. The van der Waals surface area contributed by atoms with Crippen molar-refractivity contribution in [2.75, 3.05) is 7.11 Å². The van der Waals surface area contributed by atoms with Crippen LogP contribution < -0.4 is 4.74 Å². The predicted octanol–water partition coefficient (Wildman–Crippen LogP) is 1.59. The number of methoxy groups -OCH3 is 1. The molecule has 0 saturated carbocycles. The van der Waals surface area contributed by atoms with Gasteiger partial charge in [0.05, 0.1) is 12.7 Å². The van der Waals surface area contributed by atoms with E-state index < -0.39 is 10.8 Å². The molecule has 13 heavy (non-hydrogen) atoms. The second-order valence-corrected chi connectivity index (χ2v) is 3.27. The van der Waals surface area contributed by atoms with Crippen LogP contribution in [0.3, 0.4) is 0 Å². The monoisotopic (exact) mass is 244 g/mol. The van der Waals surface area contributed by atoms with Gasteiger partial charge >= 0.3 is 0 Å². The number of alkyl halides is 1. The van der Waals surface area contributed by atoms with Gasteiger partial charge in [-0.3, -0.25) is 4.79 Å². The average molecular weight is 245 g/mol. The zero-order valence-electron chi connectivity index (χ0n) is 7.03. The number of ketones is 1. The van der Waals surface area contributed by atoms with Crippen LogP contribution in [-0.4, -0.2) is 23.0 Å². The van der Waals surface area contributed by atoms with Gasteiger partial charge in [0.25, 0.3) is 0 Å². The molecule has 0 heterocycles. The molecule has 0 aliphatic rings. The lowest BCUT2D eigenvalue weighted by Crippen LogP contribution is -2.13. The van der Waals surface area contributed by atoms with Gasteiger partial charge in [-0.2, -0.15) is 0 Å². The lowest BCUT2D eigenvalue weighted by Gasteiger charge is -2.07. The van der Waals surface area contributed by atoms with E-state index in [2.05, 4.69) is 15.9 Å². The number of ether oxygens (including phenoxy) is 1. The highest BCUT2D eigenvalue weighted by atomic mass is 79.9. The molecule has 0 aromatic heterocycles. The van der Waals surface area contributed by atoms with Crippen LogP contribution in [0, 0.1) is 0 Å². The van der Waals surface area contributed by atoms with Gasteiger partial charge in [0, 0.05) is 0 Å². The van der Waals surface area contributed by atoms with Crippen molar-refractivity contribution in [3.63, 3.8) is 0 Å². The van der Waals surface area contributed by atoms with E-state index in [1.165, 1.54) is 7.11 Å². The van der Waals surface area contributed by atoms with Gasteiger partial charge in [0.2, 0.25) is 5.78 Å². The molecule has 1 aromatic rings. The molecule has 0 fully saturated rings. The summed E-state index contributed by atoms with van der Waals surface area (Å²) >= 11 is 2.79. The number of halogens is 1. The quantitative estimate of drug-likeness (QED) is 0.649. The number of Topliss-reactive ketones (excluding diaryl/α,β-unsaturated/α-hetero) is 1. The van der Waals surface area contributed by atoms with Crippen LogP contribution >= 0.6 is 15.9 Å². The smallest absolute Gasteiger partial charge is 0.205 e. The first-order valence-electron chi connectivity index (χ1n) is 3.66. The molecule has 1 aromatic carbocycles. The standard InChI is InChI=1S/C9H9BrO3/c1-13-7-5-3-2-4-6(7)8(11)9(10)12/h2-5,9,12H,1H3. The number of aliphatic hydroxyl groups is 1. The van der Waals surface area contributed by atoms with E-state index in [4.69, 9.17) is 9.84 Å². The van der Waals surface area contributed by atoms with Gasteiger partial charge in [-0.05, 0) is 28.1 Å². The Morgan fingerprint density at radius 3 is 2.69 bits per heavy atom. The third-order valence-electron chi connectivity index (χ3n) is 1.59. The molecule has 1 atom stereocenters. The molecule has 0 radical (unpaired) electrons. The van der Waals surface area contributed by atoms with E-state index >= 15 is 0 Å². The van der Waals surface area contributed by atoms with E-state index in [1.807, 2.05) is 0 Å². The predicted molar refractivity (Wildman–Crippen MR) is 52.3 cm³/mol. The van der Waals surface area contributed by atoms with E-state index in [0.717, 1.165) is 0 Å². The number of hydrogen-bond donors (Lipinski definition) is 1. The summed E-state index contributed by atoms with van der Waals surface area (Å²) in [6, 6.07) is 6.75. The van der Waals surface area contributed by atoms with E-state index in [0.29, 0.717) is 11.3 Å². The van der Waals surface area contributed by atoms with Crippen LogP contribution in [0.4, 0.5) is 0 Å². The van der Waals surface area contributed by atoms with Crippen molar-refractivity contribution in [1.82, 2.24) is 0 Å². The number of aliphatic hydroxyl groups excluding tert-OH is 1. The van der Waals surface area contributed by atoms with Gasteiger partial charge in [-0.1, -0.05) is 12.1 Å². The fraction of sp³-hybridized carbons (Fsp3) is 0.222. The minimum Gasteiger partial charge on any atom is -0.496 e.